The molecule has 1 aliphatic heterocycles. The number of halogens is 1. The van der Waals surface area contributed by atoms with E-state index in [-0.39, 0.29) is 0 Å². The van der Waals surface area contributed by atoms with Crippen LogP contribution in [0.4, 0.5) is 0 Å². The van der Waals surface area contributed by atoms with Crippen LogP contribution < -0.4 is 9.47 Å². The average Bonchev–Trinajstić information content (AvgIpc) is 2.51. The number of nitrogens with zero attached hydrogens (tertiary/aromatic N) is 2. The van der Waals surface area contributed by atoms with E-state index in [1.54, 1.807) is 6.07 Å². The number of carbonyl (C=O) groups is 1. The van der Waals surface area contributed by atoms with Crippen LogP contribution in [0.25, 0.3) is 0 Å². The lowest BCUT2D eigenvalue weighted by Crippen LogP contribution is -2.44. The normalized spacial score (nSPS) is 17.7. The molecule has 0 spiro atoms. The van der Waals surface area contributed by atoms with Crippen molar-refractivity contribution in [3.63, 3.8) is 0 Å². The van der Waals surface area contributed by atoms with Gasteiger partial charge in [-0.1, -0.05) is 11.6 Å². The maximum absolute atomic E-state index is 11.1. The Kier molecular flexibility index (Phi) is 6.10. The van der Waals surface area contributed by atoms with Crippen LogP contribution in [-0.2, 0) is 11.3 Å². The lowest BCUT2D eigenvalue weighted by atomic mass is 10.1. The summed E-state index contributed by atoms with van der Waals surface area (Å²) >= 11 is 6.16. The summed E-state index contributed by atoms with van der Waals surface area (Å²) in [4.78, 5) is 15.7. The number of benzene rings is 1. The van der Waals surface area contributed by atoms with Gasteiger partial charge >= 0.3 is 5.97 Å². The summed E-state index contributed by atoms with van der Waals surface area (Å²) < 4.78 is 11.0. The highest BCUT2D eigenvalue weighted by molar-refractivity contribution is 6.30. The van der Waals surface area contributed by atoms with Gasteiger partial charge in [-0.25, -0.2) is 4.79 Å². The Morgan fingerprint density at radius 2 is 2.00 bits per heavy atom. The lowest BCUT2D eigenvalue weighted by molar-refractivity contribution is -0.144. The minimum Gasteiger partial charge on any atom is -0.493 e. The second kappa shape index (κ2) is 7.86. The first-order valence-corrected chi connectivity index (χ1v) is 7.95. The van der Waals surface area contributed by atoms with E-state index >= 15 is 0 Å². The van der Waals surface area contributed by atoms with Crippen molar-refractivity contribution in [1.82, 2.24) is 9.80 Å². The van der Waals surface area contributed by atoms with Crippen LogP contribution in [0.3, 0.4) is 0 Å². The molecule has 1 aromatic rings. The van der Waals surface area contributed by atoms with E-state index in [2.05, 4.69) is 16.8 Å². The van der Waals surface area contributed by atoms with Crippen molar-refractivity contribution in [3.05, 3.63) is 22.7 Å². The van der Waals surface area contributed by atoms with E-state index in [4.69, 9.17) is 26.2 Å². The van der Waals surface area contributed by atoms with E-state index < -0.39 is 12.1 Å². The van der Waals surface area contributed by atoms with Gasteiger partial charge in [0.15, 0.2) is 17.6 Å². The third-order valence-corrected chi connectivity index (χ3v) is 4.17. The van der Waals surface area contributed by atoms with Gasteiger partial charge in [0.2, 0.25) is 0 Å². The van der Waals surface area contributed by atoms with Crippen LogP contribution in [0.2, 0.25) is 5.02 Å². The van der Waals surface area contributed by atoms with Crippen molar-refractivity contribution in [2.45, 2.75) is 19.6 Å². The maximum Gasteiger partial charge on any atom is 0.344 e. The predicted octanol–water partition coefficient (Wildman–Crippen LogP) is 1.95. The van der Waals surface area contributed by atoms with Crippen LogP contribution in [0.1, 0.15) is 12.5 Å². The van der Waals surface area contributed by atoms with E-state index in [0.717, 1.165) is 31.7 Å². The molecule has 0 aliphatic carbocycles. The van der Waals surface area contributed by atoms with Crippen LogP contribution in [0, 0.1) is 0 Å². The first-order valence-electron chi connectivity index (χ1n) is 7.57. The van der Waals surface area contributed by atoms with Crippen molar-refractivity contribution in [2.75, 3.05) is 40.3 Å². The molecule has 1 unspecified atom stereocenters. The molecule has 1 heterocycles. The number of ether oxygens (including phenoxy) is 2. The molecule has 0 aromatic heterocycles. The monoisotopic (exact) mass is 342 g/mol. The highest BCUT2D eigenvalue weighted by Crippen LogP contribution is 2.36. The van der Waals surface area contributed by atoms with Gasteiger partial charge in [-0.3, -0.25) is 4.90 Å². The zero-order valence-corrected chi connectivity index (χ0v) is 14.5. The number of likely N-dealkylation sites (N-methyl/N-ethyl adjacent to an activating group) is 1. The van der Waals surface area contributed by atoms with Gasteiger partial charge in [-0.05, 0) is 20.0 Å². The minimum atomic E-state index is -1.02. The van der Waals surface area contributed by atoms with Gasteiger partial charge < -0.3 is 19.5 Å². The molecule has 0 bridgehead atoms. The molecule has 1 aromatic carbocycles. The predicted molar refractivity (Wildman–Crippen MR) is 88.5 cm³/mol. The third kappa shape index (κ3) is 4.73. The summed E-state index contributed by atoms with van der Waals surface area (Å²) in [5.74, 6) is -0.118. The van der Waals surface area contributed by atoms with Gasteiger partial charge in [-0.2, -0.15) is 0 Å². The summed E-state index contributed by atoms with van der Waals surface area (Å²) in [6, 6.07) is 3.45. The second-order valence-corrected chi connectivity index (χ2v) is 6.21. The Balaban J connectivity index is 2.25. The van der Waals surface area contributed by atoms with Crippen molar-refractivity contribution in [1.29, 1.82) is 0 Å². The highest BCUT2D eigenvalue weighted by Gasteiger charge is 2.22. The Morgan fingerprint density at radius 3 is 2.57 bits per heavy atom. The number of carboxylic acid groups (broad SMARTS) is 1. The molecule has 1 N–H and O–H groups in total. The first kappa shape index (κ1) is 17.8. The van der Waals surface area contributed by atoms with Crippen LogP contribution in [-0.4, -0.2) is 67.3 Å². The SMILES string of the molecule is COc1cc(Cl)cc(CN2CCN(C)CC2)c1OC(C)C(=O)O. The molecular weight excluding hydrogens is 320 g/mol. The maximum atomic E-state index is 11.1. The smallest absolute Gasteiger partial charge is 0.344 e. The quantitative estimate of drug-likeness (QED) is 0.852. The fraction of sp³-hybridized carbons (Fsp3) is 0.562. The van der Waals surface area contributed by atoms with E-state index in [1.165, 1.54) is 14.0 Å². The molecule has 0 amide bonds. The number of carboxylic acids is 1. The Bertz CT molecular complexity index is 559. The molecular formula is C16H23ClN2O4. The Labute approximate surface area is 141 Å². The second-order valence-electron chi connectivity index (χ2n) is 5.77. The fourth-order valence-electron chi connectivity index (χ4n) is 2.50. The fourth-order valence-corrected chi connectivity index (χ4v) is 2.73. The van der Waals surface area contributed by atoms with Gasteiger partial charge in [0.25, 0.3) is 0 Å². The zero-order chi connectivity index (χ0) is 17.0. The summed E-state index contributed by atoms with van der Waals surface area (Å²) in [5.41, 5.74) is 0.840. The number of methoxy groups -OCH3 is 1. The summed E-state index contributed by atoms with van der Waals surface area (Å²) in [6.45, 7) is 6.03. The Morgan fingerprint density at radius 1 is 1.35 bits per heavy atom. The number of hydrogen-bond acceptors (Lipinski definition) is 5. The standard InChI is InChI=1S/C16H23ClN2O4/c1-11(16(20)21)23-15-12(8-13(17)9-14(15)22-3)10-19-6-4-18(2)5-7-19/h8-9,11H,4-7,10H2,1-3H3,(H,20,21). The summed E-state index contributed by atoms with van der Waals surface area (Å²) in [6.07, 6.45) is -0.962. The largest absolute Gasteiger partial charge is 0.493 e. The van der Waals surface area contributed by atoms with Crippen molar-refractivity contribution >= 4 is 17.6 Å². The molecule has 128 valence electrons. The minimum absolute atomic E-state index is 0.450. The molecule has 7 heteroatoms. The van der Waals surface area contributed by atoms with E-state index in [9.17, 15) is 4.79 Å². The van der Waals surface area contributed by atoms with Gasteiger partial charge in [0.1, 0.15) is 0 Å². The van der Waals surface area contributed by atoms with E-state index in [0.29, 0.717) is 23.1 Å². The van der Waals surface area contributed by atoms with Gasteiger partial charge in [0.05, 0.1) is 7.11 Å². The molecule has 0 saturated carbocycles. The zero-order valence-electron chi connectivity index (χ0n) is 13.7. The van der Waals surface area contributed by atoms with Crippen molar-refractivity contribution < 1.29 is 19.4 Å². The molecule has 1 saturated heterocycles. The average molecular weight is 343 g/mol. The molecule has 23 heavy (non-hydrogen) atoms. The van der Waals surface area contributed by atoms with Gasteiger partial charge in [-0.15, -0.1) is 0 Å². The van der Waals surface area contributed by atoms with Gasteiger partial charge in [0, 0.05) is 49.4 Å². The number of aliphatic carboxylic acids is 1. The van der Waals surface area contributed by atoms with E-state index in [1.807, 2.05) is 6.07 Å². The highest BCUT2D eigenvalue weighted by atomic mass is 35.5. The first-order chi connectivity index (χ1) is 10.9. The lowest BCUT2D eigenvalue weighted by Gasteiger charge is -2.33. The number of hydrogen-bond donors (Lipinski definition) is 1. The van der Waals surface area contributed by atoms with Crippen molar-refractivity contribution in [2.24, 2.45) is 0 Å². The number of piperazine rings is 1. The Hall–Kier alpha value is -1.50. The molecule has 2 rings (SSSR count). The summed E-state index contributed by atoms with van der Waals surface area (Å²) in [5, 5.41) is 9.64. The molecule has 6 nitrogen and oxygen atoms in total. The van der Waals surface area contributed by atoms with Crippen LogP contribution in [0.5, 0.6) is 11.5 Å². The summed E-state index contributed by atoms with van der Waals surface area (Å²) in [7, 11) is 3.62. The number of rotatable bonds is 6. The molecule has 0 radical (unpaired) electrons. The molecule has 1 atom stereocenters. The van der Waals surface area contributed by atoms with Crippen molar-refractivity contribution in [3.8, 4) is 11.5 Å². The molecule has 1 fully saturated rings. The van der Waals surface area contributed by atoms with Crippen LogP contribution in [0.15, 0.2) is 12.1 Å². The van der Waals surface area contributed by atoms with Crippen LogP contribution >= 0.6 is 11.6 Å². The topological polar surface area (TPSA) is 62.2 Å². The third-order valence-electron chi connectivity index (χ3n) is 3.95. The molecule has 1 aliphatic rings.